The molecule has 0 bridgehead atoms. The Morgan fingerprint density at radius 2 is 1.97 bits per heavy atom. The van der Waals surface area contributed by atoms with Crippen LogP contribution in [0.2, 0.25) is 5.02 Å². The lowest BCUT2D eigenvalue weighted by Gasteiger charge is -2.23. The number of amides is 3. The van der Waals surface area contributed by atoms with Crippen molar-refractivity contribution < 1.29 is 14.3 Å². The van der Waals surface area contributed by atoms with Crippen LogP contribution in [0.5, 0.6) is 0 Å². The van der Waals surface area contributed by atoms with Crippen LogP contribution in [0.4, 0.5) is 9.59 Å². The second kappa shape index (κ2) is 8.27. The number of hydrogen-bond acceptors (Lipinski definition) is 6. The van der Waals surface area contributed by atoms with Crippen molar-refractivity contribution >= 4 is 29.4 Å². The lowest BCUT2D eigenvalue weighted by Crippen LogP contribution is -2.46. The fraction of sp³-hybridized carbons (Fsp3) is 0.350. The molecule has 10 heteroatoms. The third kappa shape index (κ3) is 4.06. The predicted octanol–water partition coefficient (Wildman–Crippen LogP) is 2.75. The number of ether oxygens (including phenoxy) is 1. The molecule has 1 aromatic heterocycles. The van der Waals surface area contributed by atoms with Crippen LogP contribution >= 0.6 is 11.6 Å². The summed E-state index contributed by atoms with van der Waals surface area (Å²) in [6.45, 7) is 4.65. The Balaban J connectivity index is 1.55. The van der Waals surface area contributed by atoms with Gasteiger partial charge in [-0.3, -0.25) is 4.90 Å². The molecule has 2 aromatic rings. The second-order valence-electron chi connectivity index (χ2n) is 7.13. The normalized spacial score (nSPS) is 19.5. The molecular weight excluding hydrogens is 408 g/mol. The zero-order valence-corrected chi connectivity index (χ0v) is 17.3. The summed E-state index contributed by atoms with van der Waals surface area (Å²) in [5.74, 6) is 0.661. The molecule has 1 unspecified atom stereocenters. The average Bonchev–Trinajstić information content (AvgIpc) is 3.35. The Morgan fingerprint density at radius 3 is 2.60 bits per heavy atom. The maximum absolute atomic E-state index is 12.9. The molecule has 1 fully saturated rings. The van der Waals surface area contributed by atoms with Gasteiger partial charge >= 0.3 is 12.1 Å². The van der Waals surface area contributed by atoms with Crippen LogP contribution in [-0.2, 0) is 4.74 Å². The number of nitrogens with one attached hydrogen (secondary N) is 1. The molecule has 0 aliphatic carbocycles. The molecule has 3 amide bonds. The molecular formula is C20H21ClN6O3. The van der Waals surface area contributed by atoms with Crippen LogP contribution in [-0.4, -0.2) is 63.5 Å². The monoisotopic (exact) mass is 428 g/mol. The Morgan fingerprint density at radius 1 is 1.27 bits per heavy atom. The van der Waals surface area contributed by atoms with Crippen molar-refractivity contribution in [3.63, 3.8) is 0 Å². The lowest BCUT2D eigenvalue weighted by molar-refractivity contribution is 0.150. The highest BCUT2D eigenvalue weighted by atomic mass is 35.5. The summed E-state index contributed by atoms with van der Waals surface area (Å²) in [6, 6.07) is 6.08. The van der Waals surface area contributed by atoms with E-state index in [0.717, 1.165) is 11.1 Å². The van der Waals surface area contributed by atoms with Crippen molar-refractivity contribution in [3.05, 3.63) is 58.6 Å². The van der Waals surface area contributed by atoms with E-state index < -0.39 is 12.1 Å². The highest BCUT2D eigenvalue weighted by Gasteiger charge is 2.40. The molecule has 1 saturated heterocycles. The number of aryl methyl sites for hydroxylation is 1. The van der Waals surface area contributed by atoms with Crippen molar-refractivity contribution in [2.75, 3.05) is 19.7 Å². The lowest BCUT2D eigenvalue weighted by atomic mass is 10.0. The number of hydrogen-bond donors (Lipinski definition) is 1. The number of nitrogens with zero attached hydrogens (tertiary/aromatic N) is 5. The first-order valence-electron chi connectivity index (χ1n) is 9.57. The number of carbonyl (C=O) groups excluding carboxylic acids is 2. The molecule has 3 heterocycles. The Kier molecular flexibility index (Phi) is 5.54. The molecule has 1 aromatic carbocycles. The molecule has 2 atom stereocenters. The van der Waals surface area contributed by atoms with E-state index in [4.69, 9.17) is 16.3 Å². The molecule has 9 nitrogen and oxygen atoms in total. The molecule has 0 spiro atoms. The number of carbonyl (C=O) groups is 2. The highest BCUT2D eigenvalue weighted by molar-refractivity contribution is 6.30. The van der Waals surface area contributed by atoms with E-state index in [1.165, 1.54) is 5.01 Å². The summed E-state index contributed by atoms with van der Waals surface area (Å²) in [5, 5.41) is 9.36. The van der Waals surface area contributed by atoms with Crippen LogP contribution in [0.25, 0.3) is 0 Å². The number of benzene rings is 1. The fourth-order valence-corrected chi connectivity index (χ4v) is 3.52. The maximum atomic E-state index is 12.9. The van der Waals surface area contributed by atoms with Gasteiger partial charge in [0.15, 0.2) is 0 Å². The van der Waals surface area contributed by atoms with Gasteiger partial charge in [-0.25, -0.2) is 24.6 Å². The number of halogens is 1. The molecule has 156 valence electrons. The number of rotatable bonds is 4. The minimum atomic E-state index is -0.408. The van der Waals surface area contributed by atoms with Crippen molar-refractivity contribution in [1.82, 2.24) is 25.2 Å². The summed E-state index contributed by atoms with van der Waals surface area (Å²) < 4.78 is 5.09. The quantitative estimate of drug-likeness (QED) is 0.807. The maximum Gasteiger partial charge on any atom is 0.410 e. The smallest absolute Gasteiger partial charge is 0.410 e. The summed E-state index contributed by atoms with van der Waals surface area (Å²) in [5.41, 5.74) is 2.20. The van der Waals surface area contributed by atoms with E-state index in [-0.39, 0.29) is 18.6 Å². The molecule has 2 aliphatic heterocycles. The Hall–Kier alpha value is -3.20. The topological polar surface area (TPSA) is 100 Å². The van der Waals surface area contributed by atoms with E-state index in [1.807, 2.05) is 19.1 Å². The van der Waals surface area contributed by atoms with Crippen molar-refractivity contribution in [2.45, 2.75) is 25.9 Å². The standard InChI is InChI=1S/C20H21ClN6O3/c1-12(15-9-22-13(2)23-10-15)24-19(28)27-11-17(26-7-8-30-20(26)29)18(25-27)14-3-5-16(21)6-4-14/h3-6,9-10,12,17H,7-8,11H2,1-2H3,(H,24,28)/t12?,17-/m1/s1. The van der Waals surface area contributed by atoms with Gasteiger partial charge < -0.3 is 10.1 Å². The Labute approximate surface area is 178 Å². The summed E-state index contributed by atoms with van der Waals surface area (Å²) in [7, 11) is 0. The van der Waals surface area contributed by atoms with Gasteiger partial charge in [0.2, 0.25) is 0 Å². The zero-order valence-electron chi connectivity index (χ0n) is 16.6. The first-order chi connectivity index (χ1) is 14.4. The molecule has 4 rings (SSSR count). The highest BCUT2D eigenvalue weighted by Crippen LogP contribution is 2.23. The average molecular weight is 429 g/mol. The molecule has 30 heavy (non-hydrogen) atoms. The first kappa shape index (κ1) is 20.1. The van der Waals surface area contributed by atoms with Crippen LogP contribution in [0, 0.1) is 6.92 Å². The van der Waals surface area contributed by atoms with Crippen LogP contribution < -0.4 is 5.32 Å². The van der Waals surface area contributed by atoms with Gasteiger partial charge in [-0.05, 0) is 26.0 Å². The number of hydrazone groups is 1. The summed E-state index contributed by atoms with van der Waals surface area (Å²) >= 11 is 6.00. The van der Waals surface area contributed by atoms with Crippen LogP contribution in [0.1, 0.15) is 29.9 Å². The molecule has 1 N–H and O–H groups in total. The molecule has 0 radical (unpaired) electrons. The van der Waals surface area contributed by atoms with Crippen molar-refractivity contribution in [3.8, 4) is 0 Å². The van der Waals surface area contributed by atoms with Crippen LogP contribution in [0.15, 0.2) is 41.8 Å². The minimum absolute atomic E-state index is 0.232. The predicted molar refractivity (Wildman–Crippen MR) is 110 cm³/mol. The zero-order chi connectivity index (χ0) is 21.3. The van der Waals surface area contributed by atoms with Gasteiger partial charge in [0.25, 0.3) is 0 Å². The second-order valence-corrected chi connectivity index (χ2v) is 7.57. The largest absolute Gasteiger partial charge is 0.448 e. The van der Waals surface area contributed by atoms with Gasteiger partial charge in [-0.15, -0.1) is 0 Å². The van der Waals surface area contributed by atoms with Gasteiger partial charge in [-0.1, -0.05) is 23.7 Å². The Bertz CT molecular complexity index is 979. The van der Waals surface area contributed by atoms with E-state index in [2.05, 4.69) is 20.4 Å². The number of urea groups is 1. The van der Waals surface area contributed by atoms with E-state index >= 15 is 0 Å². The van der Waals surface area contributed by atoms with Gasteiger partial charge in [0.05, 0.1) is 30.9 Å². The number of cyclic esters (lactones) is 1. The van der Waals surface area contributed by atoms with Gasteiger partial charge in [-0.2, -0.15) is 5.10 Å². The van der Waals surface area contributed by atoms with Gasteiger partial charge in [0.1, 0.15) is 12.4 Å². The summed E-state index contributed by atoms with van der Waals surface area (Å²) in [4.78, 5) is 35.0. The van der Waals surface area contributed by atoms with E-state index in [9.17, 15) is 9.59 Å². The SMILES string of the molecule is Cc1ncc(C(C)NC(=O)N2C[C@@H](N3CCOC3=O)C(c3ccc(Cl)cc3)=N2)cn1. The van der Waals surface area contributed by atoms with Crippen molar-refractivity contribution in [1.29, 1.82) is 0 Å². The van der Waals surface area contributed by atoms with E-state index in [0.29, 0.717) is 29.7 Å². The van der Waals surface area contributed by atoms with Crippen molar-refractivity contribution in [2.24, 2.45) is 5.10 Å². The van der Waals surface area contributed by atoms with Gasteiger partial charge in [0, 0.05) is 28.5 Å². The first-order valence-corrected chi connectivity index (χ1v) is 9.94. The molecule has 2 aliphatic rings. The third-order valence-electron chi connectivity index (χ3n) is 5.07. The van der Waals surface area contributed by atoms with E-state index in [1.54, 1.807) is 36.4 Å². The third-order valence-corrected chi connectivity index (χ3v) is 5.33. The summed E-state index contributed by atoms with van der Waals surface area (Å²) in [6.07, 6.45) is 2.96. The number of aromatic nitrogens is 2. The van der Waals surface area contributed by atoms with Crippen LogP contribution in [0.3, 0.4) is 0 Å². The minimum Gasteiger partial charge on any atom is -0.448 e. The molecule has 0 saturated carbocycles. The fourth-order valence-electron chi connectivity index (χ4n) is 3.39.